The van der Waals surface area contributed by atoms with Gasteiger partial charge in [-0.05, 0) is 24.1 Å². The lowest BCUT2D eigenvalue weighted by atomic mass is 9.97. The highest BCUT2D eigenvalue weighted by molar-refractivity contribution is 5.33. The van der Waals surface area contributed by atoms with E-state index >= 15 is 0 Å². The van der Waals surface area contributed by atoms with E-state index in [1.807, 2.05) is 4.90 Å². The van der Waals surface area contributed by atoms with Crippen LogP contribution in [0, 0.1) is 0 Å². The molecule has 0 amide bonds. The Kier molecular flexibility index (Phi) is 4.96. The number of halogens is 3. The molecule has 1 N–H and O–H groups in total. The third-order valence-corrected chi connectivity index (χ3v) is 4.40. The maximum Gasteiger partial charge on any atom is 0.416 e. The van der Waals surface area contributed by atoms with Gasteiger partial charge in [0.15, 0.2) is 0 Å². The van der Waals surface area contributed by atoms with Crippen LogP contribution in [0.15, 0.2) is 42.6 Å². The van der Waals surface area contributed by atoms with Crippen LogP contribution >= 0.6 is 0 Å². The van der Waals surface area contributed by atoms with Crippen LogP contribution < -0.4 is 4.74 Å². The van der Waals surface area contributed by atoms with Crippen LogP contribution in [0.3, 0.4) is 0 Å². The summed E-state index contributed by atoms with van der Waals surface area (Å²) in [5.74, 6) is 0.636. The van der Waals surface area contributed by atoms with Crippen molar-refractivity contribution < 1.29 is 23.0 Å². The minimum absolute atomic E-state index is 0.189. The third-order valence-electron chi connectivity index (χ3n) is 4.40. The second-order valence-electron chi connectivity index (χ2n) is 6.11. The zero-order valence-corrected chi connectivity index (χ0v) is 13.7. The van der Waals surface area contributed by atoms with Crippen LogP contribution in [0.2, 0.25) is 0 Å². The first-order valence-electron chi connectivity index (χ1n) is 7.95. The number of pyridine rings is 1. The Hall–Kier alpha value is -2.12. The van der Waals surface area contributed by atoms with Crippen molar-refractivity contribution in [1.82, 2.24) is 9.88 Å². The SMILES string of the molecule is COc1ccnc(CN2C[C@@H](O)C[C@H]2c2ccccc2C(F)(F)F)c1. The molecule has 2 aromatic rings. The minimum Gasteiger partial charge on any atom is -0.497 e. The van der Waals surface area contributed by atoms with Crippen LogP contribution in [0.25, 0.3) is 0 Å². The number of β-amino-alcohol motifs (C(OH)–C–C–N with tert-alkyl or cyclic N) is 1. The van der Waals surface area contributed by atoms with Gasteiger partial charge in [0.05, 0.1) is 24.5 Å². The Morgan fingerprint density at radius 2 is 2.04 bits per heavy atom. The number of nitrogens with zero attached hydrogens (tertiary/aromatic N) is 2. The molecule has 2 heterocycles. The topological polar surface area (TPSA) is 45.6 Å². The molecule has 0 saturated carbocycles. The molecule has 4 nitrogen and oxygen atoms in total. The van der Waals surface area contributed by atoms with Gasteiger partial charge in [-0.1, -0.05) is 18.2 Å². The number of likely N-dealkylation sites (tertiary alicyclic amines) is 1. The molecule has 25 heavy (non-hydrogen) atoms. The average molecular weight is 352 g/mol. The van der Waals surface area contributed by atoms with Gasteiger partial charge in [0.1, 0.15) is 5.75 Å². The number of benzene rings is 1. The Labute approximate surface area is 143 Å². The highest BCUT2D eigenvalue weighted by Crippen LogP contribution is 2.40. The van der Waals surface area contributed by atoms with Crippen molar-refractivity contribution in [2.75, 3.05) is 13.7 Å². The van der Waals surface area contributed by atoms with Gasteiger partial charge in [-0.25, -0.2) is 0 Å². The monoisotopic (exact) mass is 352 g/mol. The van der Waals surface area contributed by atoms with Crippen molar-refractivity contribution in [3.8, 4) is 5.75 Å². The van der Waals surface area contributed by atoms with E-state index in [9.17, 15) is 18.3 Å². The molecule has 0 radical (unpaired) electrons. The second kappa shape index (κ2) is 7.01. The number of aliphatic hydroxyl groups is 1. The third kappa shape index (κ3) is 3.93. The van der Waals surface area contributed by atoms with E-state index in [4.69, 9.17) is 4.74 Å². The molecule has 2 atom stereocenters. The summed E-state index contributed by atoms with van der Waals surface area (Å²) in [4.78, 5) is 6.08. The van der Waals surface area contributed by atoms with Crippen molar-refractivity contribution in [3.05, 3.63) is 59.4 Å². The summed E-state index contributed by atoms with van der Waals surface area (Å²) in [5.41, 5.74) is 0.218. The van der Waals surface area contributed by atoms with Crippen LogP contribution in [-0.4, -0.2) is 34.7 Å². The molecule has 1 aromatic carbocycles. The molecule has 0 spiro atoms. The molecule has 1 aromatic heterocycles. The van der Waals surface area contributed by atoms with E-state index in [0.29, 0.717) is 24.5 Å². The standard InChI is InChI=1S/C18H19F3N2O2/c1-25-14-6-7-22-12(8-14)10-23-11-13(24)9-17(23)15-4-2-3-5-16(15)18(19,20)21/h2-8,13,17,24H,9-11H2,1H3/t13-,17-/m0/s1. The maximum absolute atomic E-state index is 13.3. The number of rotatable bonds is 4. The van der Waals surface area contributed by atoms with Crippen molar-refractivity contribution in [3.63, 3.8) is 0 Å². The van der Waals surface area contributed by atoms with E-state index in [0.717, 1.165) is 6.07 Å². The smallest absolute Gasteiger partial charge is 0.416 e. The maximum atomic E-state index is 13.3. The first kappa shape index (κ1) is 17.7. The van der Waals surface area contributed by atoms with Crippen LogP contribution in [0.4, 0.5) is 13.2 Å². The van der Waals surface area contributed by atoms with Crippen molar-refractivity contribution in [2.45, 2.75) is 31.3 Å². The lowest BCUT2D eigenvalue weighted by Crippen LogP contribution is -2.26. The van der Waals surface area contributed by atoms with Crippen molar-refractivity contribution >= 4 is 0 Å². The lowest BCUT2D eigenvalue weighted by Gasteiger charge is -2.26. The lowest BCUT2D eigenvalue weighted by molar-refractivity contribution is -0.138. The first-order chi connectivity index (χ1) is 11.9. The van der Waals surface area contributed by atoms with Gasteiger partial charge in [-0.15, -0.1) is 0 Å². The molecule has 7 heteroatoms. The molecule has 1 saturated heterocycles. The predicted molar refractivity (Wildman–Crippen MR) is 86.0 cm³/mol. The predicted octanol–water partition coefficient (Wildman–Crippen LogP) is 3.42. The Balaban J connectivity index is 1.90. The van der Waals surface area contributed by atoms with Crippen LogP contribution in [0.5, 0.6) is 5.75 Å². The second-order valence-corrected chi connectivity index (χ2v) is 6.11. The molecule has 3 rings (SSSR count). The van der Waals surface area contributed by atoms with E-state index < -0.39 is 23.9 Å². The fourth-order valence-electron chi connectivity index (χ4n) is 3.30. The molecule has 0 unspecified atom stereocenters. The Morgan fingerprint density at radius 1 is 1.28 bits per heavy atom. The van der Waals surface area contributed by atoms with Gasteiger partial charge in [0.2, 0.25) is 0 Å². The summed E-state index contributed by atoms with van der Waals surface area (Å²) in [6, 6.07) is 8.49. The van der Waals surface area contributed by atoms with E-state index in [2.05, 4.69) is 4.98 Å². The van der Waals surface area contributed by atoms with Gasteiger partial charge in [0, 0.05) is 31.4 Å². The number of hydrogen-bond donors (Lipinski definition) is 1. The van der Waals surface area contributed by atoms with Gasteiger partial charge in [-0.2, -0.15) is 13.2 Å². The summed E-state index contributed by atoms with van der Waals surface area (Å²) in [6.07, 6.45) is -3.24. The zero-order valence-electron chi connectivity index (χ0n) is 13.7. The number of aliphatic hydroxyl groups excluding tert-OH is 1. The highest BCUT2D eigenvalue weighted by Gasteiger charge is 2.39. The molecule has 1 fully saturated rings. The van der Waals surface area contributed by atoms with E-state index in [1.54, 1.807) is 31.5 Å². The molecule has 1 aliphatic heterocycles. The molecular formula is C18H19F3N2O2. The van der Waals surface area contributed by atoms with Gasteiger partial charge in [0.25, 0.3) is 0 Å². The zero-order chi connectivity index (χ0) is 18.0. The number of aromatic nitrogens is 1. The first-order valence-corrected chi connectivity index (χ1v) is 7.95. The Morgan fingerprint density at radius 3 is 2.76 bits per heavy atom. The van der Waals surface area contributed by atoms with Crippen molar-refractivity contribution in [1.29, 1.82) is 0 Å². The van der Waals surface area contributed by atoms with Crippen molar-refractivity contribution in [2.24, 2.45) is 0 Å². The number of ether oxygens (including phenoxy) is 1. The Bertz CT molecular complexity index is 736. The van der Waals surface area contributed by atoms with Crippen LogP contribution in [-0.2, 0) is 12.7 Å². The average Bonchev–Trinajstić information content (AvgIpc) is 2.94. The van der Waals surface area contributed by atoms with Gasteiger partial charge < -0.3 is 9.84 Å². The molecular weight excluding hydrogens is 333 g/mol. The van der Waals surface area contributed by atoms with Crippen LogP contribution in [0.1, 0.15) is 29.3 Å². The largest absolute Gasteiger partial charge is 0.497 e. The van der Waals surface area contributed by atoms with E-state index in [-0.39, 0.29) is 12.0 Å². The highest BCUT2D eigenvalue weighted by atomic mass is 19.4. The summed E-state index contributed by atoms with van der Waals surface area (Å²) < 4.78 is 45.2. The normalized spacial score (nSPS) is 21.5. The summed E-state index contributed by atoms with van der Waals surface area (Å²) in [6.45, 7) is 0.640. The number of hydrogen-bond acceptors (Lipinski definition) is 4. The molecule has 1 aliphatic rings. The number of alkyl halides is 3. The quantitative estimate of drug-likeness (QED) is 0.916. The fourth-order valence-corrected chi connectivity index (χ4v) is 3.30. The summed E-state index contributed by atoms with van der Waals surface area (Å²) in [5, 5.41) is 10.0. The van der Waals surface area contributed by atoms with Gasteiger partial charge >= 0.3 is 6.18 Å². The molecule has 0 bridgehead atoms. The van der Waals surface area contributed by atoms with E-state index in [1.165, 1.54) is 12.1 Å². The van der Waals surface area contributed by atoms with Gasteiger partial charge in [-0.3, -0.25) is 9.88 Å². The minimum atomic E-state index is -4.43. The molecule has 0 aliphatic carbocycles. The summed E-state index contributed by atoms with van der Waals surface area (Å²) >= 11 is 0. The molecule has 134 valence electrons. The fraction of sp³-hybridized carbons (Fsp3) is 0.389. The summed E-state index contributed by atoms with van der Waals surface area (Å²) in [7, 11) is 1.54. The number of methoxy groups -OCH3 is 1.